The fourth-order valence-corrected chi connectivity index (χ4v) is 6.71. The lowest BCUT2D eigenvalue weighted by Gasteiger charge is -2.65. The Balaban J connectivity index is 0.000000166. The number of benzene rings is 1. The number of unbranched alkanes of at least 4 members (excludes halogenated alkanes) is 1. The molecule has 4 bridgehead atoms. The average Bonchev–Trinajstić information content (AvgIpc) is 2.67. The Labute approximate surface area is 175 Å². The molecule has 1 aromatic rings. The second-order valence-electron chi connectivity index (χ2n) is 10.4. The summed E-state index contributed by atoms with van der Waals surface area (Å²) in [6.07, 6.45) is 7.19. The van der Waals surface area contributed by atoms with E-state index in [1.807, 2.05) is 6.92 Å². The maximum Gasteiger partial charge on any atom is 0.336 e. The van der Waals surface area contributed by atoms with E-state index in [1.165, 1.54) is 31.7 Å². The number of aliphatic hydroxyl groups is 1. The van der Waals surface area contributed by atoms with E-state index in [0.717, 1.165) is 36.5 Å². The molecule has 0 spiro atoms. The van der Waals surface area contributed by atoms with Gasteiger partial charge < -0.3 is 15.9 Å². The number of hydrogen-bond donors (Lipinski definition) is 3. The molecule has 4 nitrogen and oxygen atoms in total. The summed E-state index contributed by atoms with van der Waals surface area (Å²) in [4.78, 5) is 10.9. The number of aromatic carboxylic acids is 1. The van der Waals surface area contributed by atoms with Crippen LogP contribution >= 0.6 is 0 Å². The van der Waals surface area contributed by atoms with E-state index >= 15 is 0 Å². The fourth-order valence-electron chi connectivity index (χ4n) is 6.71. The number of carbonyl (C=O) groups is 1. The van der Waals surface area contributed by atoms with Crippen molar-refractivity contribution in [2.24, 2.45) is 34.8 Å². The Morgan fingerprint density at radius 1 is 1.24 bits per heavy atom. The topological polar surface area (TPSA) is 83.5 Å². The van der Waals surface area contributed by atoms with Crippen LogP contribution in [0.15, 0.2) is 24.3 Å². The van der Waals surface area contributed by atoms with Crippen molar-refractivity contribution in [3.63, 3.8) is 0 Å². The third-order valence-electron chi connectivity index (χ3n) is 8.34. The van der Waals surface area contributed by atoms with Gasteiger partial charge in [0.1, 0.15) is 0 Å². The lowest BCUT2D eigenvalue weighted by Crippen LogP contribution is -2.64. The van der Waals surface area contributed by atoms with Crippen LogP contribution in [-0.2, 0) is 0 Å². The van der Waals surface area contributed by atoms with E-state index in [1.54, 1.807) is 18.2 Å². The van der Waals surface area contributed by atoms with Crippen LogP contribution in [0.1, 0.15) is 94.7 Å². The fraction of sp³-hybridized carbons (Fsp3) is 0.720. The molecule has 0 radical (unpaired) electrons. The third-order valence-corrected chi connectivity index (χ3v) is 8.34. The van der Waals surface area contributed by atoms with Gasteiger partial charge >= 0.3 is 5.97 Å². The molecule has 0 aromatic heterocycles. The van der Waals surface area contributed by atoms with Crippen molar-refractivity contribution in [1.82, 2.24) is 0 Å². The summed E-state index contributed by atoms with van der Waals surface area (Å²) in [5.74, 6) is 2.72. The van der Waals surface area contributed by atoms with E-state index in [-0.39, 0.29) is 11.1 Å². The van der Waals surface area contributed by atoms with Crippen LogP contribution < -0.4 is 5.73 Å². The minimum Gasteiger partial charge on any atom is -0.478 e. The van der Waals surface area contributed by atoms with Gasteiger partial charge in [0.15, 0.2) is 0 Å². The molecule has 29 heavy (non-hydrogen) atoms. The Morgan fingerprint density at radius 3 is 2.59 bits per heavy atom. The normalized spacial score (nSPS) is 38.3. The molecular formula is C25H39NO3. The average molecular weight is 402 g/mol. The zero-order valence-electron chi connectivity index (χ0n) is 18.5. The van der Waals surface area contributed by atoms with Gasteiger partial charge in [-0.2, -0.15) is 0 Å². The first kappa shape index (κ1) is 22.3. The zero-order chi connectivity index (χ0) is 21.4. The van der Waals surface area contributed by atoms with Crippen molar-refractivity contribution in [1.29, 1.82) is 0 Å². The van der Waals surface area contributed by atoms with Crippen molar-refractivity contribution in [3.05, 3.63) is 35.4 Å². The van der Waals surface area contributed by atoms with Crippen molar-refractivity contribution in [2.45, 2.75) is 84.3 Å². The lowest BCUT2D eigenvalue weighted by atomic mass is 9.41. The van der Waals surface area contributed by atoms with Crippen LogP contribution in [0.4, 0.5) is 0 Å². The smallest absolute Gasteiger partial charge is 0.336 e. The molecule has 4 fully saturated rings. The van der Waals surface area contributed by atoms with Crippen LogP contribution in [0.2, 0.25) is 0 Å². The summed E-state index contributed by atoms with van der Waals surface area (Å²) in [6.45, 7) is 9.47. The van der Waals surface area contributed by atoms with Crippen LogP contribution in [0.3, 0.4) is 0 Å². The van der Waals surface area contributed by atoms with Gasteiger partial charge in [0.25, 0.3) is 0 Å². The van der Waals surface area contributed by atoms with Crippen LogP contribution in [0, 0.1) is 29.1 Å². The standard InChI is InChI=1S/C13H23N.C12H16O3/c1-8-10-4-12(3)7-13(14,5-10)6-11(8)9(12)2;1-2-3-8-11(13)9-6-4-5-7-10(9)12(14)15/h8-11H,4-7,14H2,1-3H3;4-7,11,13H,2-3,8H2,1H3,(H,14,15). The monoisotopic (exact) mass is 401 g/mol. The SMILES string of the molecule is CC1C2CC3(N)CC1C(C)C(C)(C2)C3.CCCCC(O)c1ccccc1C(=O)O. The Hall–Kier alpha value is -1.39. The number of rotatable bonds is 5. The van der Waals surface area contributed by atoms with Crippen LogP contribution in [0.5, 0.6) is 0 Å². The molecule has 0 aliphatic heterocycles. The Morgan fingerprint density at radius 2 is 1.93 bits per heavy atom. The summed E-state index contributed by atoms with van der Waals surface area (Å²) >= 11 is 0. The molecule has 4 saturated carbocycles. The minimum atomic E-state index is -0.985. The van der Waals surface area contributed by atoms with Gasteiger partial charge in [-0.3, -0.25) is 0 Å². The molecule has 4 N–H and O–H groups in total. The van der Waals surface area contributed by atoms with Gasteiger partial charge in [-0.1, -0.05) is 58.7 Å². The molecule has 4 aliphatic carbocycles. The molecule has 0 heterocycles. The largest absolute Gasteiger partial charge is 0.478 e. The Kier molecular flexibility index (Phi) is 6.45. The zero-order valence-corrected chi connectivity index (χ0v) is 18.5. The highest BCUT2D eigenvalue weighted by molar-refractivity contribution is 5.89. The molecular weight excluding hydrogens is 362 g/mol. The van der Waals surface area contributed by atoms with E-state index in [2.05, 4.69) is 20.8 Å². The van der Waals surface area contributed by atoms with Gasteiger partial charge in [0.2, 0.25) is 0 Å². The van der Waals surface area contributed by atoms with Crippen molar-refractivity contribution >= 4 is 5.97 Å². The molecule has 7 atom stereocenters. The van der Waals surface area contributed by atoms with E-state index < -0.39 is 12.1 Å². The minimum absolute atomic E-state index is 0.195. The molecule has 4 aliphatic rings. The number of nitrogens with two attached hydrogens (primary N) is 1. The van der Waals surface area contributed by atoms with Gasteiger partial charge in [0, 0.05) is 5.54 Å². The third kappa shape index (κ3) is 4.39. The summed E-state index contributed by atoms with van der Waals surface area (Å²) in [5, 5.41) is 18.7. The summed E-state index contributed by atoms with van der Waals surface area (Å²) in [5.41, 5.74) is 8.04. The van der Waals surface area contributed by atoms with Gasteiger partial charge in [-0.25, -0.2) is 4.79 Å². The maximum atomic E-state index is 10.9. The van der Waals surface area contributed by atoms with Gasteiger partial charge in [-0.15, -0.1) is 0 Å². The highest BCUT2D eigenvalue weighted by Gasteiger charge is 2.60. The number of carboxylic acids is 1. The molecule has 0 amide bonds. The van der Waals surface area contributed by atoms with E-state index in [4.69, 9.17) is 10.8 Å². The molecule has 4 heteroatoms. The van der Waals surface area contributed by atoms with Crippen molar-refractivity contribution < 1.29 is 15.0 Å². The molecule has 0 saturated heterocycles. The first-order valence-electron chi connectivity index (χ1n) is 11.4. The van der Waals surface area contributed by atoms with Gasteiger partial charge in [0.05, 0.1) is 11.7 Å². The van der Waals surface area contributed by atoms with E-state index in [9.17, 15) is 9.90 Å². The molecule has 1 aromatic carbocycles. The predicted molar refractivity (Wildman–Crippen MR) is 117 cm³/mol. The highest BCUT2D eigenvalue weighted by atomic mass is 16.4. The number of hydrogen-bond acceptors (Lipinski definition) is 3. The second-order valence-corrected chi connectivity index (χ2v) is 10.4. The van der Waals surface area contributed by atoms with Crippen LogP contribution in [0.25, 0.3) is 0 Å². The van der Waals surface area contributed by atoms with Gasteiger partial charge in [-0.05, 0) is 72.8 Å². The first-order valence-corrected chi connectivity index (χ1v) is 11.4. The van der Waals surface area contributed by atoms with Crippen molar-refractivity contribution in [3.8, 4) is 0 Å². The summed E-state index contributed by atoms with van der Waals surface area (Å²) in [6, 6.07) is 6.60. The summed E-state index contributed by atoms with van der Waals surface area (Å²) in [7, 11) is 0. The Bertz CT molecular complexity index is 735. The quantitative estimate of drug-likeness (QED) is 0.616. The first-order chi connectivity index (χ1) is 13.6. The second kappa shape index (κ2) is 8.39. The highest BCUT2D eigenvalue weighted by Crippen LogP contribution is 2.65. The lowest BCUT2D eigenvalue weighted by molar-refractivity contribution is -0.135. The molecule has 7 unspecified atom stereocenters. The predicted octanol–water partition coefficient (Wildman–Crippen LogP) is 5.40. The number of carboxylic acid groups (broad SMARTS) is 1. The van der Waals surface area contributed by atoms with Crippen molar-refractivity contribution in [2.75, 3.05) is 0 Å². The maximum absolute atomic E-state index is 10.9. The molecule has 5 rings (SSSR count). The van der Waals surface area contributed by atoms with E-state index in [0.29, 0.717) is 17.4 Å². The summed E-state index contributed by atoms with van der Waals surface area (Å²) < 4.78 is 0. The van der Waals surface area contributed by atoms with Crippen LogP contribution in [-0.4, -0.2) is 21.7 Å². The number of aliphatic hydroxyl groups excluding tert-OH is 1. The molecule has 162 valence electrons.